The number of carbonyl (C=O) groups is 1. The fraction of sp³-hybridized carbons (Fsp3) is 0.667. The summed E-state index contributed by atoms with van der Waals surface area (Å²) in [6, 6.07) is 2.01. The molecule has 2 unspecified atom stereocenters. The van der Waals surface area contributed by atoms with E-state index in [2.05, 4.69) is 18.9 Å². The van der Waals surface area contributed by atoms with E-state index in [0.717, 1.165) is 38.1 Å². The first kappa shape index (κ1) is 13.3. The Morgan fingerprint density at radius 1 is 1.50 bits per heavy atom. The van der Waals surface area contributed by atoms with Gasteiger partial charge in [-0.25, -0.2) is 0 Å². The Kier molecular flexibility index (Phi) is 4.23. The van der Waals surface area contributed by atoms with Crippen LogP contribution in [0.3, 0.4) is 0 Å². The third kappa shape index (κ3) is 3.22. The summed E-state index contributed by atoms with van der Waals surface area (Å²) in [7, 11) is 2.08. The molecule has 2 atom stereocenters. The lowest BCUT2D eigenvalue weighted by Crippen LogP contribution is -2.34. The molecule has 1 aromatic rings. The molecule has 3 nitrogen and oxygen atoms in total. The maximum Gasteiger partial charge on any atom is 0.137 e. The predicted molar refractivity (Wildman–Crippen MR) is 71.3 cm³/mol. The van der Waals surface area contributed by atoms with Crippen LogP contribution in [-0.2, 0) is 11.3 Å². The van der Waals surface area contributed by atoms with Crippen LogP contribution in [0, 0.1) is 18.8 Å². The van der Waals surface area contributed by atoms with Crippen molar-refractivity contribution < 1.29 is 9.21 Å². The first-order valence-corrected chi connectivity index (χ1v) is 6.80. The number of hydrogen-bond acceptors (Lipinski definition) is 3. The number of nitrogens with zero attached hydrogens (tertiary/aromatic N) is 1. The van der Waals surface area contributed by atoms with E-state index in [0.29, 0.717) is 11.7 Å². The number of hydrogen-bond donors (Lipinski definition) is 0. The van der Waals surface area contributed by atoms with Crippen LogP contribution in [0.2, 0.25) is 0 Å². The smallest absolute Gasteiger partial charge is 0.137 e. The molecule has 1 saturated carbocycles. The highest BCUT2D eigenvalue weighted by Gasteiger charge is 2.27. The van der Waals surface area contributed by atoms with Crippen molar-refractivity contribution in [2.24, 2.45) is 11.8 Å². The zero-order valence-electron chi connectivity index (χ0n) is 11.6. The molecule has 3 heteroatoms. The average Bonchev–Trinajstić information content (AvgIpc) is 2.70. The molecule has 0 amide bonds. The molecule has 0 spiro atoms. The topological polar surface area (TPSA) is 33.5 Å². The molecule has 0 bridgehead atoms. The van der Waals surface area contributed by atoms with Gasteiger partial charge in [-0.2, -0.15) is 0 Å². The third-order valence-electron chi connectivity index (χ3n) is 3.96. The van der Waals surface area contributed by atoms with Crippen LogP contribution in [0.15, 0.2) is 16.7 Å². The van der Waals surface area contributed by atoms with E-state index >= 15 is 0 Å². The van der Waals surface area contributed by atoms with Crippen molar-refractivity contribution in [1.82, 2.24) is 4.90 Å². The number of rotatable bonds is 4. The maximum absolute atomic E-state index is 11.9. The number of Topliss-reactive ketones (excluding diaryl/α,β-unsaturated/α-hetero) is 1. The van der Waals surface area contributed by atoms with Gasteiger partial charge < -0.3 is 9.32 Å². The highest BCUT2D eigenvalue weighted by atomic mass is 16.3. The highest BCUT2D eigenvalue weighted by molar-refractivity contribution is 5.81. The second-order valence-electron chi connectivity index (χ2n) is 5.74. The largest absolute Gasteiger partial charge is 0.469 e. The van der Waals surface area contributed by atoms with E-state index in [1.165, 1.54) is 5.56 Å². The molecule has 0 saturated heterocycles. The van der Waals surface area contributed by atoms with Crippen molar-refractivity contribution in [2.75, 3.05) is 13.6 Å². The zero-order chi connectivity index (χ0) is 13.1. The molecule has 18 heavy (non-hydrogen) atoms. The Morgan fingerprint density at radius 3 is 2.94 bits per heavy atom. The van der Waals surface area contributed by atoms with Crippen molar-refractivity contribution in [3.8, 4) is 0 Å². The van der Waals surface area contributed by atoms with Crippen molar-refractivity contribution >= 4 is 5.78 Å². The minimum Gasteiger partial charge on any atom is -0.469 e. The van der Waals surface area contributed by atoms with Crippen LogP contribution in [0.4, 0.5) is 0 Å². The molecule has 0 aliphatic heterocycles. The Bertz CT molecular complexity index is 410. The molecule has 0 radical (unpaired) electrons. The zero-order valence-corrected chi connectivity index (χ0v) is 11.6. The molecule has 100 valence electrons. The monoisotopic (exact) mass is 249 g/mol. The van der Waals surface area contributed by atoms with Crippen LogP contribution < -0.4 is 0 Å². The quantitative estimate of drug-likeness (QED) is 0.822. The Morgan fingerprint density at radius 2 is 2.28 bits per heavy atom. The van der Waals surface area contributed by atoms with Crippen LogP contribution in [-0.4, -0.2) is 24.3 Å². The van der Waals surface area contributed by atoms with Crippen molar-refractivity contribution in [1.29, 1.82) is 0 Å². The standard InChI is InChI=1S/C15H23NO2/c1-11-4-5-15(17)14(8-11)10-16(3)9-13-6-7-18-12(13)2/h6-7,11,14H,4-5,8-10H2,1-3H3. The first-order chi connectivity index (χ1) is 8.56. The van der Waals surface area contributed by atoms with E-state index in [4.69, 9.17) is 4.42 Å². The fourth-order valence-corrected chi connectivity index (χ4v) is 2.81. The normalized spacial score (nSPS) is 24.8. The Hall–Kier alpha value is -1.09. The van der Waals surface area contributed by atoms with Crippen molar-refractivity contribution in [2.45, 2.75) is 39.7 Å². The van der Waals surface area contributed by atoms with Crippen LogP contribution >= 0.6 is 0 Å². The van der Waals surface area contributed by atoms with Crippen molar-refractivity contribution in [3.63, 3.8) is 0 Å². The van der Waals surface area contributed by atoms with Gasteiger partial charge in [-0.05, 0) is 38.8 Å². The summed E-state index contributed by atoms with van der Waals surface area (Å²) in [6.07, 6.45) is 4.62. The first-order valence-electron chi connectivity index (χ1n) is 6.80. The molecular formula is C15H23NO2. The van der Waals surface area contributed by atoms with Crippen molar-refractivity contribution in [3.05, 3.63) is 23.7 Å². The summed E-state index contributed by atoms with van der Waals surface area (Å²) in [5.41, 5.74) is 1.22. The minimum absolute atomic E-state index is 0.228. The average molecular weight is 249 g/mol. The van der Waals surface area contributed by atoms with Gasteiger partial charge in [-0.3, -0.25) is 4.79 Å². The van der Waals surface area contributed by atoms with E-state index in [1.54, 1.807) is 6.26 Å². The lowest BCUT2D eigenvalue weighted by atomic mass is 9.81. The molecule has 0 aromatic carbocycles. The van der Waals surface area contributed by atoms with Crippen LogP contribution in [0.1, 0.15) is 37.5 Å². The van der Waals surface area contributed by atoms with Gasteiger partial charge in [0.15, 0.2) is 0 Å². The molecule has 1 aromatic heterocycles. The predicted octanol–water partition coefficient (Wildman–Crippen LogP) is 3.03. The van der Waals surface area contributed by atoms with Gasteiger partial charge in [0.1, 0.15) is 11.5 Å². The van der Waals surface area contributed by atoms with Gasteiger partial charge in [0.05, 0.1) is 6.26 Å². The number of aryl methyl sites for hydroxylation is 1. The summed E-state index contributed by atoms with van der Waals surface area (Å²) in [4.78, 5) is 14.1. The molecule has 1 aliphatic carbocycles. The molecular weight excluding hydrogens is 226 g/mol. The molecule has 0 N–H and O–H groups in total. The summed E-state index contributed by atoms with van der Waals surface area (Å²) in [5.74, 6) is 2.34. The molecule has 1 heterocycles. The molecule has 1 fully saturated rings. The van der Waals surface area contributed by atoms with E-state index < -0.39 is 0 Å². The highest BCUT2D eigenvalue weighted by Crippen LogP contribution is 2.26. The van der Waals surface area contributed by atoms with Gasteiger partial charge in [-0.15, -0.1) is 0 Å². The second kappa shape index (κ2) is 5.70. The van der Waals surface area contributed by atoms with E-state index in [1.807, 2.05) is 13.0 Å². The van der Waals surface area contributed by atoms with Gasteiger partial charge in [-0.1, -0.05) is 6.92 Å². The Balaban J connectivity index is 1.88. The summed E-state index contributed by atoms with van der Waals surface area (Å²) in [5, 5.41) is 0. The summed E-state index contributed by atoms with van der Waals surface area (Å²) >= 11 is 0. The van der Waals surface area contributed by atoms with E-state index in [-0.39, 0.29) is 5.92 Å². The minimum atomic E-state index is 0.228. The summed E-state index contributed by atoms with van der Waals surface area (Å²) in [6.45, 7) is 5.96. The van der Waals surface area contributed by atoms with E-state index in [9.17, 15) is 4.79 Å². The number of carbonyl (C=O) groups excluding carboxylic acids is 1. The van der Waals surface area contributed by atoms with Gasteiger partial charge in [0.2, 0.25) is 0 Å². The SMILES string of the molecule is Cc1occc1CN(C)CC1CC(C)CCC1=O. The lowest BCUT2D eigenvalue weighted by Gasteiger charge is -2.29. The lowest BCUT2D eigenvalue weighted by molar-refractivity contribution is -0.126. The number of ketones is 1. The summed E-state index contributed by atoms with van der Waals surface area (Å²) < 4.78 is 5.30. The maximum atomic E-state index is 11.9. The fourth-order valence-electron chi connectivity index (χ4n) is 2.81. The molecule has 1 aliphatic rings. The third-order valence-corrected chi connectivity index (χ3v) is 3.96. The van der Waals surface area contributed by atoms with Gasteiger partial charge >= 0.3 is 0 Å². The Labute approximate surface area is 109 Å². The number of furan rings is 1. The molecule has 2 rings (SSSR count). The van der Waals surface area contributed by atoms with Gasteiger partial charge in [0, 0.05) is 31.0 Å². The van der Waals surface area contributed by atoms with Crippen LogP contribution in [0.25, 0.3) is 0 Å². The van der Waals surface area contributed by atoms with Crippen LogP contribution in [0.5, 0.6) is 0 Å². The van der Waals surface area contributed by atoms with Gasteiger partial charge in [0.25, 0.3) is 0 Å². The second-order valence-corrected chi connectivity index (χ2v) is 5.74.